The Kier molecular flexibility index (Phi) is 6.25. The summed E-state index contributed by atoms with van der Waals surface area (Å²) in [5.41, 5.74) is 1.62. The van der Waals surface area contributed by atoms with Gasteiger partial charge in [-0.1, -0.05) is 43.2 Å². The van der Waals surface area contributed by atoms with Crippen LogP contribution in [-0.4, -0.2) is 31.3 Å². The molecule has 1 aromatic rings. The highest BCUT2D eigenvalue weighted by Crippen LogP contribution is 2.60. The maximum absolute atomic E-state index is 6.09. The molecule has 3 atom stereocenters. The zero-order valence-electron chi connectivity index (χ0n) is 15.0. The number of guanidine groups is 1. The molecule has 1 aromatic carbocycles. The quantitative estimate of drug-likeness (QED) is 0.414. The molecule has 5 heteroatoms. The van der Waals surface area contributed by atoms with Gasteiger partial charge in [0, 0.05) is 30.5 Å². The highest BCUT2D eigenvalue weighted by molar-refractivity contribution is 14.0. The molecular formula is C20H30IN3O. The Hall–Kier alpha value is -0.820. The highest BCUT2D eigenvalue weighted by Gasteiger charge is 2.65. The molecule has 3 aliphatic rings. The van der Waals surface area contributed by atoms with Gasteiger partial charge in [-0.05, 0) is 31.7 Å². The van der Waals surface area contributed by atoms with Crippen LogP contribution in [0.2, 0.25) is 0 Å². The summed E-state index contributed by atoms with van der Waals surface area (Å²) in [5, 5.41) is 7.22. The topological polar surface area (TPSA) is 45.7 Å². The Morgan fingerprint density at radius 1 is 1.24 bits per heavy atom. The number of nitrogens with one attached hydrogen (secondary N) is 2. The van der Waals surface area contributed by atoms with E-state index in [4.69, 9.17) is 9.73 Å². The third-order valence-electron chi connectivity index (χ3n) is 6.19. The van der Waals surface area contributed by atoms with Gasteiger partial charge >= 0.3 is 0 Å². The van der Waals surface area contributed by atoms with E-state index < -0.39 is 0 Å². The molecule has 0 aromatic heterocycles. The molecule has 0 amide bonds. The zero-order chi connectivity index (χ0) is 16.4. The molecule has 25 heavy (non-hydrogen) atoms. The van der Waals surface area contributed by atoms with E-state index in [1.54, 1.807) is 0 Å². The van der Waals surface area contributed by atoms with Crippen LogP contribution in [0, 0.1) is 11.3 Å². The van der Waals surface area contributed by atoms with Crippen molar-refractivity contribution < 1.29 is 4.74 Å². The van der Waals surface area contributed by atoms with Gasteiger partial charge in [-0.2, -0.15) is 0 Å². The molecular weight excluding hydrogens is 425 g/mol. The van der Waals surface area contributed by atoms with Crippen molar-refractivity contribution in [3.63, 3.8) is 0 Å². The first-order valence-electron chi connectivity index (χ1n) is 9.54. The number of hydrogen-bond donors (Lipinski definition) is 2. The van der Waals surface area contributed by atoms with Gasteiger partial charge < -0.3 is 15.4 Å². The molecule has 0 radical (unpaired) electrons. The molecule has 0 bridgehead atoms. The van der Waals surface area contributed by atoms with E-state index in [1.807, 2.05) is 0 Å². The van der Waals surface area contributed by atoms with Crippen LogP contribution in [0.25, 0.3) is 0 Å². The van der Waals surface area contributed by atoms with Crippen molar-refractivity contribution >= 4 is 29.9 Å². The van der Waals surface area contributed by atoms with Crippen LogP contribution in [0.5, 0.6) is 0 Å². The first-order valence-corrected chi connectivity index (χ1v) is 9.54. The number of ether oxygens (including phenoxy) is 1. The van der Waals surface area contributed by atoms with Gasteiger partial charge in [-0.15, -0.1) is 24.0 Å². The fraction of sp³-hybridized carbons (Fsp3) is 0.650. The summed E-state index contributed by atoms with van der Waals surface area (Å²) in [6, 6.07) is 11.0. The molecule has 2 saturated carbocycles. The van der Waals surface area contributed by atoms with E-state index in [9.17, 15) is 0 Å². The number of benzene rings is 1. The summed E-state index contributed by atoms with van der Waals surface area (Å²) in [6.07, 6.45) is 7.01. The monoisotopic (exact) mass is 455 g/mol. The molecule has 2 N–H and O–H groups in total. The van der Waals surface area contributed by atoms with Crippen molar-refractivity contribution in [2.24, 2.45) is 16.3 Å². The summed E-state index contributed by atoms with van der Waals surface area (Å²) in [4.78, 5) is 4.83. The van der Waals surface area contributed by atoms with E-state index in [1.165, 1.54) is 37.7 Å². The van der Waals surface area contributed by atoms with Gasteiger partial charge in [0.25, 0.3) is 0 Å². The van der Waals surface area contributed by atoms with Crippen molar-refractivity contribution in [2.45, 2.75) is 57.7 Å². The Bertz CT molecular complexity index is 586. The lowest BCUT2D eigenvalue weighted by atomic mass is 9.54. The summed E-state index contributed by atoms with van der Waals surface area (Å²) < 4.78 is 6.09. The minimum Gasteiger partial charge on any atom is -0.377 e. The fourth-order valence-corrected chi connectivity index (χ4v) is 5.13. The van der Waals surface area contributed by atoms with Crippen LogP contribution in [0.3, 0.4) is 0 Å². The number of aliphatic imine (C=N–C) groups is 1. The molecule has 3 unspecified atom stereocenters. The number of fused-ring (bicyclic) bond motifs is 2. The van der Waals surface area contributed by atoms with Crippen LogP contribution in [0.4, 0.5) is 0 Å². The van der Waals surface area contributed by atoms with Gasteiger partial charge in [-0.25, -0.2) is 4.99 Å². The molecule has 4 nitrogen and oxygen atoms in total. The largest absolute Gasteiger partial charge is 0.377 e. The minimum absolute atomic E-state index is 0. The second-order valence-electron chi connectivity index (χ2n) is 7.49. The molecule has 1 saturated heterocycles. The second kappa shape index (κ2) is 8.25. The maximum atomic E-state index is 6.09. The Morgan fingerprint density at radius 3 is 2.72 bits per heavy atom. The number of rotatable bonds is 4. The number of hydrogen-bond acceptors (Lipinski definition) is 2. The predicted octanol–water partition coefficient (Wildman–Crippen LogP) is 3.71. The average Bonchev–Trinajstić information content (AvgIpc) is 3.26. The Morgan fingerprint density at radius 2 is 2.00 bits per heavy atom. The lowest BCUT2D eigenvalue weighted by Gasteiger charge is -2.57. The third-order valence-corrected chi connectivity index (χ3v) is 6.19. The summed E-state index contributed by atoms with van der Waals surface area (Å²) in [5.74, 6) is 1.63. The first-order chi connectivity index (χ1) is 11.8. The van der Waals surface area contributed by atoms with E-state index in [0.29, 0.717) is 23.5 Å². The molecule has 1 aliphatic heterocycles. The lowest BCUT2D eigenvalue weighted by molar-refractivity contribution is -0.125. The van der Waals surface area contributed by atoms with E-state index in [-0.39, 0.29) is 24.0 Å². The molecule has 4 rings (SSSR count). The molecule has 2 aliphatic carbocycles. The molecule has 138 valence electrons. The Balaban J connectivity index is 0.00000182. The second-order valence-corrected chi connectivity index (χ2v) is 7.49. The van der Waals surface area contributed by atoms with Crippen molar-refractivity contribution in [3.8, 4) is 0 Å². The molecule has 3 fully saturated rings. The van der Waals surface area contributed by atoms with Gasteiger partial charge in [0.2, 0.25) is 0 Å². The zero-order valence-corrected chi connectivity index (χ0v) is 17.4. The van der Waals surface area contributed by atoms with Crippen molar-refractivity contribution in [2.75, 3.05) is 13.2 Å². The molecule has 1 spiro atoms. The van der Waals surface area contributed by atoms with Crippen molar-refractivity contribution in [1.82, 2.24) is 10.6 Å². The van der Waals surface area contributed by atoms with Crippen molar-refractivity contribution in [1.29, 1.82) is 0 Å². The van der Waals surface area contributed by atoms with Gasteiger partial charge in [0.05, 0.1) is 12.6 Å². The summed E-state index contributed by atoms with van der Waals surface area (Å²) >= 11 is 0. The van der Waals surface area contributed by atoms with Gasteiger partial charge in [0.1, 0.15) is 0 Å². The predicted molar refractivity (Wildman–Crippen MR) is 112 cm³/mol. The lowest BCUT2D eigenvalue weighted by Crippen LogP contribution is -2.69. The Labute approximate surface area is 168 Å². The van der Waals surface area contributed by atoms with E-state index in [0.717, 1.165) is 25.7 Å². The van der Waals surface area contributed by atoms with E-state index in [2.05, 4.69) is 47.9 Å². The fourth-order valence-electron chi connectivity index (χ4n) is 5.13. The smallest absolute Gasteiger partial charge is 0.191 e. The van der Waals surface area contributed by atoms with Crippen molar-refractivity contribution in [3.05, 3.63) is 35.9 Å². The SMILES string of the molecule is CCNC(=NCc1ccccc1)NC1C2CCOC2C12CCCC2.I. The van der Waals surface area contributed by atoms with Crippen LogP contribution in [0.15, 0.2) is 35.3 Å². The number of halogens is 1. The maximum Gasteiger partial charge on any atom is 0.191 e. The third kappa shape index (κ3) is 3.54. The number of nitrogens with zero attached hydrogens (tertiary/aromatic N) is 1. The van der Waals surface area contributed by atoms with Gasteiger partial charge in [-0.3, -0.25) is 0 Å². The standard InChI is InChI=1S/C20H29N3O.HI/c1-2-21-19(22-14-15-8-4-3-5-9-15)23-17-16-10-13-24-18(16)20(17)11-6-7-12-20;/h3-5,8-9,16-18H,2,6-7,10-14H2,1H3,(H2,21,22,23);1H. The molecule has 1 heterocycles. The van der Waals surface area contributed by atoms with Gasteiger partial charge in [0.15, 0.2) is 5.96 Å². The van der Waals surface area contributed by atoms with Crippen LogP contribution in [0.1, 0.15) is 44.6 Å². The van der Waals surface area contributed by atoms with Crippen LogP contribution < -0.4 is 10.6 Å². The first kappa shape index (κ1) is 19.0. The highest BCUT2D eigenvalue weighted by atomic mass is 127. The van der Waals surface area contributed by atoms with Crippen LogP contribution >= 0.6 is 24.0 Å². The normalized spacial score (nSPS) is 29.6. The van der Waals surface area contributed by atoms with Crippen LogP contribution in [-0.2, 0) is 11.3 Å². The van der Waals surface area contributed by atoms with E-state index >= 15 is 0 Å². The minimum atomic E-state index is 0. The summed E-state index contributed by atoms with van der Waals surface area (Å²) in [7, 11) is 0. The average molecular weight is 455 g/mol. The summed E-state index contributed by atoms with van der Waals surface area (Å²) in [6.45, 7) is 4.69.